The van der Waals surface area contributed by atoms with Crippen LogP contribution in [0.15, 0.2) is 18.2 Å². The van der Waals surface area contributed by atoms with Crippen molar-refractivity contribution in [1.29, 1.82) is 0 Å². The van der Waals surface area contributed by atoms with E-state index < -0.39 is 29.4 Å². The van der Waals surface area contributed by atoms with Crippen molar-refractivity contribution < 1.29 is 23.4 Å². The lowest BCUT2D eigenvalue weighted by Gasteiger charge is -2.31. The van der Waals surface area contributed by atoms with Gasteiger partial charge >= 0.3 is 5.97 Å². The Labute approximate surface area is 127 Å². The molecule has 2 saturated heterocycles. The Balaban J connectivity index is 1.83. The minimum Gasteiger partial charge on any atom is -0.481 e. The van der Waals surface area contributed by atoms with Crippen molar-refractivity contribution in [3.05, 3.63) is 35.4 Å². The Hall–Kier alpha value is -1.53. The highest BCUT2D eigenvalue weighted by Gasteiger charge is 2.42. The van der Waals surface area contributed by atoms with Crippen LogP contribution in [0.1, 0.15) is 24.3 Å². The van der Waals surface area contributed by atoms with E-state index in [0.29, 0.717) is 31.9 Å². The second-order valence-corrected chi connectivity index (χ2v) is 6.01. The molecule has 120 valence electrons. The molecule has 1 unspecified atom stereocenters. The second kappa shape index (κ2) is 6.30. The van der Waals surface area contributed by atoms with Crippen LogP contribution in [0.4, 0.5) is 8.78 Å². The summed E-state index contributed by atoms with van der Waals surface area (Å²) >= 11 is 0. The van der Waals surface area contributed by atoms with E-state index in [0.717, 1.165) is 18.9 Å². The maximum absolute atomic E-state index is 14.0. The summed E-state index contributed by atoms with van der Waals surface area (Å²) in [5, 5.41) is 9.46. The first-order chi connectivity index (χ1) is 10.6. The summed E-state index contributed by atoms with van der Waals surface area (Å²) in [5.41, 5.74) is 0.295. The van der Waals surface area contributed by atoms with Crippen molar-refractivity contribution in [2.24, 2.45) is 5.92 Å². The fourth-order valence-electron chi connectivity index (χ4n) is 3.55. The molecule has 2 aliphatic heterocycles. The van der Waals surface area contributed by atoms with E-state index >= 15 is 0 Å². The van der Waals surface area contributed by atoms with Gasteiger partial charge in [-0.15, -0.1) is 0 Å². The van der Waals surface area contributed by atoms with Crippen molar-refractivity contribution in [3.8, 4) is 0 Å². The third-order valence-electron chi connectivity index (χ3n) is 4.73. The van der Waals surface area contributed by atoms with Crippen LogP contribution in [0.5, 0.6) is 0 Å². The highest BCUT2D eigenvalue weighted by atomic mass is 19.1. The average molecular weight is 311 g/mol. The largest absolute Gasteiger partial charge is 0.481 e. The van der Waals surface area contributed by atoms with Crippen LogP contribution in [0.2, 0.25) is 0 Å². The molecule has 3 rings (SSSR count). The Kier molecular flexibility index (Phi) is 4.40. The number of hydrogen-bond acceptors (Lipinski definition) is 3. The quantitative estimate of drug-likeness (QED) is 0.930. The number of likely N-dealkylation sites (tertiary alicyclic amines) is 1. The van der Waals surface area contributed by atoms with Gasteiger partial charge in [0.05, 0.1) is 5.92 Å². The fourth-order valence-corrected chi connectivity index (χ4v) is 3.55. The summed E-state index contributed by atoms with van der Waals surface area (Å²) in [6.07, 6.45) is 1.73. The third-order valence-corrected chi connectivity index (χ3v) is 4.73. The first kappa shape index (κ1) is 15.4. The van der Waals surface area contributed by atoms with E-state index in [2.05, 4.69) is 4.90 Å². The van der Waals surface area contributed by atoms with Crippen molar-refractivity contribution in [1.82, 2.24) is 4.90 Å². The normalized spacial score (nSPS) is 27.2. The van der Waals surface area contributed by atoms with Crippen molar-refractivity contribution >= 4 is 5.97 Å². The Bertz CT molecular complexity index is 560. The van der Waals surface area contributed by atoms with Crippen LogP contribution in [-0.4, -0.2) is 48.3 Å². The fraction of sp³-hybridized carbons (Fsp3) is 0.562. The van der Waals surface area contributed by atoms with E-state index in [-0.39, 0.29) is 6.04 Å². The number of aliphatic carboxylic acids is 1. The molecule has 2 heterocycles. The third kappa shape index (κ3) is 2.98. The lowest BCUT2D eigenvalue weighted by Crippen LogP contribution is -2.38. The zero-order valence-corrected chi connectivity index (χ0v) is 12.2. The predicted molar refractivity (Wildman–Crippen MR) is 75.6 cm³/mol. The highest BCUT2D eigenvalue weighted by molar-refractivity contribution is 5.72. The van der Waals surface area contributed by atoms with Gasteiger partial charge in [-0.1, -0.05) is 6.07 Å². The number of halogens is 2. The number of rotatable bonds is 3. The maximum atomic E-state index is 14.0. The molecule has 0 bridgehead atoms. The number of ether oxygens (including phenoxy) is 1. The van der Waals surface area contributed by atoms with Gasteiger partial charge in [-0.2, -0.15) is 0 Å². The first-order valence-corrected chi connectivity index (χ1v) is 7.56. The SMILES string of the molecule is O=C(O)[C@@H]1CN(C2CCOCC2)CC1c1ccc(F)cc1F. The molecule has 0 aliphatic carbocycles. The zero-order valence-electron chi connectivity index (χ0n) is 12.2. The average Bonchev–Trinajstić information content (AvgIpc) is 2.93. The number of carboxylic acid groups (broad SMARTS) is 1. The summed E-state index contributed by atoms with van der Waals surface area (Å²) in [4.78, 5) is 13.7. The molecule has 0 saturated carbocycles. The van der Waals surface area contributed by atoms with E-state index in [1.54, 1.807) is 0 Å². The van der Waals surface area contributed by atoms with E-state index in [1.165, 1.54) is 12.1 Å². The summed E-state index contributed by atoms with van der Waals surface area (Å²) in [6, 6.07) is 3.67. The molecule has 1 N–H and O–H groups in total. The van der Waals surface area contributed by atoms with Gasteiger partial charge < -0.3 is 9.84 Å². The number of carboxylic acids is 1. The number of hydrogen-bond donors (Lipinski definition) is 1. The predicted octanol–water partition coefficient (Wildman–Crippen LogP) is 2.24. The van der Waals surface area contributed by atoms with Crippen LogP contribution >= 0.6 is 0 Å². The summed E-state index contributed by atoms with van der Waals surface area (Å²) < 4.78 is 32.4. The van der Waals surface area contributed by atoms with Gasteiger partial charge in [0.2, 0.25) is 0 Å². The van der Waals surface area contributed by atoms with Crippen LogP contribution in [0.3, 0.4) is 0 Å². The van der Waals surface area contributed by atoms with E-state index in [9.17, 15) is 18.7 Å². The summed E-state index contributed by atoms with van der Waals surface area (Å²) in [7, 11) is 0. The van der Waals surface area contributed by atoms with Gasteiger partial charge in [0.25, 0.3) is 0 Å². The molecule has 0 aromatic heterocycles. The van der Waals surface area contributed by atoms with Gasteiger partial charge in [-0.05, 0) is 24.5 Å². The molecule has 0 amide bonds. The Morgan fingerprint density at radius 3 is 2.59 bits per heavy atom. The first-order valence-electron chi connectivity index (χ1n) is 7.56. The lowest BCUT2D eigenvalue weighted by atomic mass is 9.88. The summed E-state index contributed by atoms with van der Waals surface area (Å²) in [5.74, 6) is -3.34. The van der Waals surface area contributed by atoms with Crippen molar-refractivity contribution in [2.45, 2.75) is 24.8 Å². The van der Waals surface area contributed by atoms with Crippen molar-refractivity contribution in [2.75, 3.05) is 26.3 Å². The minimum atomic E-state index is -0.928. The molecule has 2 aliphatic rings. The van der Waals surface area contributed by atoms with Gasteiger partial charge in [0, 0.05) is 44.3 Å². The van der Waals surface area contributed by atoms with Crippen LogP contribution in [0, 0.1) is 17.6 Å². The summed E-state index contributed by atoms with van der Waals surface area (Å²) in [6.45, 7) is 2.24. The molecular formula is C16H19F2NO3. The molecule has 0 spiro atoms. The molecule has 22 heavy (non-hydrogen) atoms. The molecule has 1 aromatic rings. The van der Waals surface area contributed by atoms with Crippen molar-refractivity contribution in [3.63, 3.8) is 0 Å². The highest BCUT2D eigenvalue weighted by Crippen LogP contribution is 2.36. The van der Waals surface area contributed by atoms with Gasteiger partial charge in [-0.3, -0.25) is 9.69 Å². The minimum absolute atomic E-state index is 0.282. The zero-order chi connectivity index (χ0) is 15.7. The number of benzene rings is 1. The topological polar surface area (TPSA) is 49.8 Å². The van der Waals surface area contributed by atoms with Crippen LogP contribution in [-0.2, 0) is 9.53 Å². The Morgan fingerprint density at radius 1 is 1.23 bits per heavy atom. The Morgan fingerprint density at radius 2 is 1.95 bits per heavy atom. The molecule has 2 atom stereocenters. The van der Waals surface area contributed by atoms with Crippen LogP contribution in [0.25, 0.3) is 0 Å². The lowest BCUT2D eigenvalue weighted by molar-refractivity contribution is -0.141. The number of carbonyl (C=O) groups is 1. The standard InChI is InChI=1S/C16H19F2NO3/c17-10-1-2-12(15(18)7-10)13-8-19(9-14(13)16(20)21)11-3-5-22-6-4-11/h1-2,7,11,13-14H,3-6,8-9H2,(H,20,21)/t13?,14-/m1/s1. The molecule has 0 radical (unpaired) electrons. The smallest absolute Gasteiger partial charge is 0.308 e. The van der Waals surface area contributed by atoms with Gasteiger partial charge in [0.15, 0.2) is 0 Å². The number of nitrogens with zero attached hydrogens (tertiary/aromatic N) is 1. The molecule has 2 fully saturated rings. The molecule has 4 nitrogen and oxygen atoms in total. The van der Waals surface area contributed by atoms with E-state index in [4.69, 9.17) is 4.74 Å². The molecule has 1 aromatic carbocycles. The second-order valence-electron chi connectivity index (χ2n) is 6.01. The van der Waals surface area contributed by atoms with Gasteiger partial charge in [0.1, 0.15) is 11.6 Å². The molecular weight excluding hydrogens is 292 g/mol. The van der Waals surface area contributed by atoms with Crippen LogP contribution < -0.4 is 0 Å². The van der Waals surface area contributed by atoms with E-state index in [1.807, 2.05) is 0 Å². The maximum Gasteiger partial charge on any atom is 0.308 e. The monoisotopic (exact) mass is 311 g/mol. The molecule has 6 heteroatoms. The van der Waals surface area contributed by atoms with Gasteiger partial charge in [-0.25, -0.2) is 8.78 Å².